The highest BCUT2D eigenvalue weighted by Gasteiger charge is 2.46. The molecule has 1 fully saturated rings. The summed E-state index contributed by atoms with van der Waals surface area (Å²) < 4.78 is 6.20. The molecule has 9 nitrogen and oxygen atoms in total. The monoisotopic (exact) mass is 667 g/mol. The van der Waals surface area contributed by atoms with Crippen LogP contribution in [0.25, 0.3) is 0 Å². The third kappa shape index (κ3) is 9.01. The molecular weight excluding hydrogens is 618 g/mol. The van der Waals surface area contributed by atoms with Gasteiger partial charge in [-0.3, -0.25) is 28.9 Å². The summed E-state index contributed by atoms with van der Waals surface area (Å²) in [4.78, 5) is 65.2. The molecule has 10 heteroatoms. The zero-order chi connectivity index (χ0) is 35.3. The van der Waals surface area contributed by atoms with E-state index in [0.717, 1.165) is 29.1 Å². The number of nitrogens with zero attached hydrogens (tertiary/aromatic N) is 1. The summed E-state index contributed by atoms with van der Waals surface area (Å²) in [6, 6.07) is 9.47. The van der Waals surface area contributed by atoms with Crippen LogP contribution in [0.3, 0.4) is 0 Å². The molecule has 1 heterocycles. The molecule has 1 aliphatic rings. The van der Waals surface area contributed by atoms with Crippen LogP contribution in [-0.4, -0.2) is 47.0 Å². The van der Waals surface area contributed by atoms with Crippen molar-refractivity contribution in [2.75, 3.05) is 17.2 Å². The van der Waals surface area contributed by atoms with Gasteiger partial charge in [-0.05, 0) is 53.9 Å². The Labute approximate surface area is 284 Å². The zero-order valence-corrected chi connectivity index (χ0v) is 30.0. The van der Waals surface area contributed by atoms with E-state index in [1.807, 2.05) is 6.07 Å². The molecule has 256 valence electrons. The van der Waals surface area contributed by atoms with Crippen molar-refractivity contribution < 1.29 is 28.7 Å². The van der Waals surface area contributed by atoms with Crippen molar-refractivity contribution in [3.8, 4) is 5.75 Å². The van der Waals surface area contributed by atoms with E-state index < -0.39 is 35.0 Å². The van der Waals surface area contributed by atoms with E-state index in [9.17, 15) is 24.0 Å². The van der Waals surface area contributed by atoms with Gasteiger partial charge in [0.1, 0.15) is 5.75 Å². The molecule has 2 N–H and O–H groups in total. The summed E-state index contributed by atoms with van der Waals surface area (Å²) >= 11 is 6.57. The molecule has 1 aliphatic heterocycles. The Hall–Kier alpha value is -3.72. The summed E-state index contributed by atoms with van der Waals surface area (Å²) in [6.45, 7) is 18.4. The number of hydrogen-bond donors (Lipinski definition) is 2. The lowest BCUT2D eigenvalue weighted by molar-refractivity contribution is -0.152. The number of carbonyl (C=O) groups excluding carboxylic acids is 5. The van der Waals surface area contributed by atoms with E-state index in [1.54, 1.807) is 32.9 Å². The number of amides is 4. The quantitative estimate of drug-likeness (QED) is 0.122. The molecule has 0 spiro atoms. The minimum Gasteiger partial charge on any atom is -0.493 e. The van der Waals surface area contributed by atoms with Gasteiger partial charge < -0.3 is 15.4 Å². The molecule has 0 radical (unpaired) electrons. The molecule has 1 saturated heterocycles. The van der Waals surface area contributed by atoms with Crippen LogP contribution in [0.2, 0.25) is 5.02 Å². The number of likely N-dealkylation sites (tertiary alicyclic amines) is 1. The molecular formula is C37H50ClN3O6. The van der Waals surface area contributed by atoms with E-state index in [0.29, 0.717) is 13.0 Å². The third-order valence-electron chi connectivity index (χ3n) is 9.18. The van der Waals surface area contributed by atoms with Crippen molar-refractivity contribution >= 4 is 52.4 Å². The Morgan fingerprint density at radius 2 is 1.45 bits per heavy atom. The molecule has 0 aliphatic carbocycles. The smallest absolute Gasteiger partial charge is 0.255 e. The molecule has 3 rings (SSSR count). The molecule has 1 atom stereocenters. The van der Waals surface area contributed by atoms with Crippen molar-refractivity contribution in [3.05, 3.63) is 52.5 Å². The average molecular weight is 668 g/mol. The molecule has 0 bridgehead atoms. The minimum atomic E-state index is -1.63. The van der Waals surface area contributed by atoms with Crippen LogP contribution in [0.4, 0.5) is 11.4 Å². The Bertz CT molecular complexity index is 1510. The second-order valence-corrected chi connectivity index (χ2v) is 14.9. The fourth-order valence-electron chi connectivity index (χ4n) is 5.20. The first kappa shape index (κ1) is 37.7. The summed E-state index contributed by atoms with van der Waals surface area (Å²) in [5.74, 6) is -2.05. The number of benzene rings is 2. The lowest BCUT2D eigenvalue weighted by Crippen LogP contribution is -2.54. The fourth-order valence-corrected chi connectivity index (χ4v) is 5.42. The van der Waals surface area contributed by atoms with Crippen LogP contribution in [0.15, 0.2) is 36.4 Å². The van der Waals surface area contributed by atoms with Gasteiger partial charge in [-0.25, -0.2) is 0 Å². The van der Waals surface area contributed by atoms with Crippen LogP contribution >= 0.6 is 11.6 Å². The number of halogens is 1. The normalized spacial score (nSPS) is 14.6. The number of Topliss-reactive ketones (excluding diaryl/α,β-unsaturated/α-hetero) is 1. The Kier molecular flexibility index (Phi) is 12.1. The summed E-state index contributed by atoms with van der Waals surface area (Å²) in [5, 5.41) is 5.42. The second-order valence-electron chi connectivity index (χ2n) is 14.5. The number of anilines is 2. The number of ether oxygens (including phenoxy) is 1. The molecule has 0 aromatic heterocycles. The first-order chi connectivity index (χ1) is 21.8. The van der Waals surface area contributed by atoms with Crippen LogP contribution in [-0.2, 0) is 34.8 Å². The summed E-state index contributed by atoms with van der Waals surface area (Å²) in [6.07, 6.45) is 2.48. The summed E-state index contributed by atoms with van der Waals surface area (Å²) in [5.41, 5.74) is 1.79. The maximum absolute atomic E-state index is 13.4. The van der Waals surface area contributed by atoms with Crippen LogP contribution in [0, 0.1) is 5.41 Å². The molecule has 47 heavy (non-hydrogen) atoms. The molecule has 2 aromatic rings. The topological polar surface area (TPSA) is 122 Å². The van der Waals surface area contributed by atoms with Crippen LogP contribution in [0.5, 0.6) is 5.75 Å². The number of nitrogens with one attached hydrogen (secondary N) is 2. The van der Waals surface area contributed by atoms with Crippen molar-refractivity contribution in [2.45, 2.75) is 118 Å². The first-order valence-electron chi connectivity index (χ1n) is 16.4. The van der Waals surface area contributed by atoms with Gasteiger partial charge in [0.05, 0.1) is 23.0 Å². The van der Waals surface area contributed by atoms with Crippen molar-refractivity contribution in [2.24, 2.45) is 5.41 Å². The Morgan fingerprint density at radius 3 is 2.00 bits per heavy atom. The highest BCUT2D eigenvalue weighted by atomic mass is 35.5. The fraction of sp³-hybridized carbons (Fsp3) is 0.541. The second kappa shape index (κ2) is 15.0. The van der Waals surface area contributed by atoms with Gasteiger partial charge in [-0.15, -0.1) is 0 Å². The van der Waals surface area contributed by atoms with Crippen LogP contribution < -0.4 is 15.4 Å². The van der Waals surface area contributed by atoms with Crippen molar-refractivity contribution in [3.63, 3.8) is 0 Å². The molecule has 4 amide bonds. The maximum atomic E-state index is 13.4. The minimum absolute atomic E-state index is 0.0491. The van der Waals surface area contributed by atoms with E-state index in [-0.39, 0.29) is 52.4 Å². The standard InChI is InChI=1S/C37H50ClN3O6/c1-10-36(6,7)23-17-18-27(24(22-23)37(8,9)11-2)47-21-13-16-28(42)39-25-14-12-15-26(31(25)38)40-34(46)32(33(45)35(3,4)5)41-29(43)19-20-30(41)44/h12,14-15,17-18,22,32H,10-11,13,16,19-21H2,1-9H3,(H,39,42)(H,40,46). The van der Waals surface area contributed by atoms with Gasteiger partial charge in [-0.1, -0.05) is 92.1 Å². The SMILES string of the molecule is CCC(C)(C)c1ccc(OCCCC(=O)Nc2cccc(NC(=O)C(C(=O)C(C)(C)C)N3C(=O)CCC3=O)c2Cl)c(C(C)(C)CC)c1. The van der Waals surface area contributed by atoms with E-state index in [2.05, 4.69) is 64.3 Å². The lowest BCUT2D eigenvalue weighted by Gasteiger charge is -2.30. The van der Waals surface area contributed by atoms with Gasteiger partial charge >= 0.3 is 0 Å². The highest BCUT2D eigenvalue weighted by Crippen LogP contribution is 2.39. The van der Waals surface area contributed by atoms with E-state index in [4.69, 9.17) is 16.3 Å². The van der Waals surface area contributed by atoms with E-state index in [1.165, 1.54) is 11.6 Å². The largest absolute Gasteiger partial charge is 0.493 e. The van der Waals surface area contributed by atoms with E-state index >= 15 is 0 Å². The lowest BCUT2D eigenvalue weighted by atomic mass is 9.76. The summed E-state index contributed by atoms with van der Waals surface area (Å²) in [7, 11) is 0. The molecule has 1 unspecified atom stereocenters. The van der Waals surface area contributed by atoms with Gasteiger partial charge in [0.15, 0.2) is 11.8 Å². The van der Waals surface area contributed by atoms with Crippen LogP contribution in [0.1, 0.15) is 112 Å². The molecule has 2 aromatic carbocycles. The van der Waals surface area contributed by atoms with Gasteiger partial charge in [0, 0.05) is 30.2 Å². The maximum Gasteiger partial charge on any atom is 0.255 e. The average Bonchev–Trinajstić information content (AvgIpc) is 3.33. The van der Waals surface area contributed by atoms with Gasteiger partial charge in [-0.2, -0.15) is 0 Å². The van der Waals surface area contributed by atoms with Gasteiger partial charge in [0.25, 0.3) is 5.91 Å². The predicted octanol–water partition coefficient (Wildman–Crippen LogP) is 7.58. The van der Waals surface area contributed by atoms with Crippen molar-refractivity contribution in [1.82, 2.24) is 4.90 Å². The number of ketones is 1. The number of carbonyl (C=O) groups is 5. The highest BCUT2D eigenvalue weighted by molar-refractivity contribution is 6.37. The zero-order valence-electron chi connectivity index (χ0n) is 29.3. The van der Waals surface area contributed by atoms with Crippen molar-refractivity contribution in [1.29, 1.82) is 0 Å². The number of hydrogen-bond acceptors (Lipinski definition) is 6. The number of rotatable bonds is 14. The number of imide groups is 1. The molecule has 0 saturated carbocycles. The Balaban J connectivity index is 1.67. The predicted molar refractivity (Wildman–Crippen MR) is 186 cm³/mol. The van der Waals surface area contributed by atoms with Gasteiger partial charge in [0.2, 0.25) is 17.7 Å². The third-order valence-corrected chi connectivity index (χ3v) is 9.59. The Morgan fingerprint density at radius 1 is 0.872 bits per heavy atom. The first-order valence-corrected chi connectivity index (χ1v) is 16.8.